The quantitative estimate of drug-likeness (QED) is 0.824. The van der Waals surface area contributed by atoms with Crippen molar-refractivity contribution in [3.8, 4) is 6.07 Å². The molecule has 2 aliphatic rings. The standard InChI is InChI=1S/C19H23N5O2/c1-13-4-5-16-17(21-13)22-19(26-16)23-9-6-15(7-10-23)18(25)24-8-2-3-14(11-20)12-24/h4-5,14-15H,2-3,6-10,12H2,1H3. The van der Waals surface area contributed by atoms with E-state index in [4.69, 9.17) is 9.68 Å². The summed E-state index contributed by atoms with van der Waals surface area (Å²) in [7, 11) is 0. The van der Waals surface area contributed by atoms with E-state index < -0.39 is 0 Å². The van der Waals surface area contributed by atoms with Crippen LogP contribution in [0.1, 0.15) is 31.4 Å². The molecule has 1 unspecified atom stereocenters. The average molecular weight is 353 g/mol. The monoisotopic (exact) mass is 353 g/mol. The highest BCUT2D eigenvalue weighted by Gasteiger charge is 2.32. The van der Waals surface area contributed by atoms with E-state index in [1.807, 2.05) is 24.0 Å². The molecule has 2 aliphatic heterocycles. The van der Waals surface area contributed by atoms with E-state index >= 15 is 0 Å². The number of nitriles is 1. The molecule has 0 spiro atoms. The van der Waals surface area contributed by atoms with Gasteiger partial charge in [-0.25, -0.2) is 4.98 Å². The van der Waals surface area contributed by atoms with Gasteiger partial charge in [-0.3, -0.25) is 4.79 Å². The first kappa shape index (κ1) is 16.8. The molecule has 2 fully saturated rings. The zero-order chi connectivity index (χ0) is 18.1. The van der Waals surface area contributed by atoms with Gasteiger partial charge in [-0.15, -0.1) is 0 Å². The number of nitrogens with zero attached hydrogens (tertiary/aromatic N) is 5. The molecular weight excluding hydrogens is 330 g/mol. The van der Waals surface area contributed by atoms with Gasteiger partial charge >= 0.3 is 0 Å². The number of pyridine rings is 1. The van der Waals surface area contributed by atoms with Crippen LogP contribution in [0.15, 0.2) is 16.5 Å². The Bertz CT molecular complexity index is 847. The molecule has 0 aliphatic carbocycles. The lowest BCUT2D eigenvalue weighted by atomic mass is 9.93. The van der Waals surface area contributed by atoms with Crippen molar-refractivity contribution in [3.63, 3.8) is 0 Å². The molecule has 0 saturated carbocycles. The summed E-state index contributed by atoms with van der Waals surface area (Å²) < 4.78 is 5.82. The minimum absolute atomic E-state index is 0.0107. The van der Waals surface area contributed by atoms with E-state index in [0.29, 0.717) is 23.8 Å². The second-order valence-corrected chi connectivity index (χ2v) is 7.28. The number of fused-ring (bicyclic) bond motifs is 1. The number of anilines is 1. The number of hydrogen-bond acceptors (Lipinski definition) is 6. The fourth-order valence-electron chi connectivity index (χ4n) is 3.90. The Kier molecular flexibility index (Phi) is 4.49. The maximum absolute atomic E-state index is 12.8. The van der Waals surface area contributed by atoms with Gasteiger partial charge in [0.2, 0.25) is 11.6 Å². The van der Waals surface area contributed by atoms with Crippen LogP contribution in [0.25, 0.3) is 11.2 Å². The summed E-state index contributed by atoms with van der Waals surface area (Å²) in [5, 5.41) is 9.12. The van der Waals surface area contributed by atoms with Crippen molar-refractivity contribution in [2.75, 3.05) is 31.1 Å². The molecule has 2 aromatic rings. The van der Waals surface area contributed by atoms with Crippen molar-refractivity contribution in [1.82, 2.24) is 14.9 Å². The van der Waals surface area contributed by atoms with Crippen molar-refractivity contribution < 1.29 is 9.21 Å². The molecule has 136 valence electrons. The third kappa shape index (κ3) is 3.24. The molecule has 7 heteroatoms. The van der Waals surface area contributed by atoms with Gasteiger partial charge in [-0.2, -0.15) is 10.2 Å². The summed E-state index contributed by atoms with van der Waals surface area (Å²) >= 11 is 0. The Morgan fingerprint density at radius 1 is 1.23 bits per heavy atom. The zero-order valence-corrected chi connectivity index (χ0v) is 15.0. The third-order valence-corrected chi connectivity index (χ3v) is 5.41. The summed E-state index contributed by atoms with van der Waals surface area (Å²) in [6, 6.07) is 6.70. The van der Waals surface area contributed by atoms with Crippen LogP contribution < -0.4 is 4.90 Å². The molecule has 2 saturated heterocycles. The Hall–Kier alpha value is -2.62. The van der Waals surface area contributed by atoms with Crippen molar-refractivity contribution in [3.05, 3.63) is 17.8 Å². The summed E-state index contributed by atoms with van der Waals surface area (Å²) in [4.78, 5) is 25.7. The van der Waals surface area contributed by atoms with Crippen LogP contribution >= 0.6 is 0 Å². The van der Waals surface area contributed by atoms with Crippen molar-refractivity contribution in [1.29, 1.82) is 5.26 Å². The molecule has 0 aromatic carbocycles. The predicted octanol–water partition coefficient (Wildman–Crippen LogP) is 2.51. The Balaban J connectivity index is 1.38. The van der Waals surface area contributed by atoms with E-state index in [2.05, 4.69) is 20.9 Å². The minimum atomic E-state index is -0.0107. The van der Waals surface area contributed by atoms with Crippen LogP contribution in [-0.4, -0.2) is 47.0 Å². The van der Waals surface area contributed by atoms with Crippen molar-refractivity contribution >= 4 is 23.2 Å². The molecule has 7 nitrogen and oxygen atoms in total. The minimum Gasteiger partial charge on any atom is -0.422 e. The fourth-order valence-corrected chi connectivity index (χ4v) is 3.90. The van der Waals surface area contributed by atoms with Gasteiger partial charge in [-0.1, -0.05) is 0 Å². The summed E-state index contributed by atoms with van der Waals surface area (Å²) in [6.45, 7) is 4.80. The molecule has 0 N–H and O–H groups in total. The smallest absolute Gasteiger partial charge is 0.299 e. The van der Waals surface area contributed by atoms with E-state index in [1.165, 1.54) is 0 Å². The number of piperidine rings is 2. The highest BCUT2D eigenvalue weighted by Crippen LogP contribution is 2.28. The van der Waals surface area contributed by atoms with Gasteiger partial charge in [0, 0.05) is 37.8 Å². The third-order valence-electron chi connectivity index (χ3n) is 5.41. The van der Waals surface area contributed by atoms with Crippen LogP contribution in [0.4, 0.5) is 6.01 Å². The molecule has 0 bridgehead atoms. The van der Waals surface area contributed by atoms with E-state index in [-0.39, 0.29) is 17.7 Å². The van der Waals surface area contributed by atoms with Crippen LogP contribution in [0.5, 0.6) is 0 Å². The molecular formula is C19H23N5O2. The summed E-state index contributed by atoms with van der Waals surface area (Å²) in [5.41, 5.74) is 2.24. The van der Waals surface area contributed by atoms with E-state index in [9.17, 15) is 4.79 Å². The summed E-state index contributed by atoms with van der Waals surface area (Å²) in [6.07, 6.45) is 3.41. The number of amides is 1. The van der Waals surface area contributed by atoms with Gasteiger partial charge in [0.15, 0.2) is 5.58 Å². The predicted molar refractivity (Wildman–Crippen MR) is 96.4 cm³/mol. The first-order valence-corrected chi connectivity index (χ1v) is 9.31. The Morgan fingerprint density at radius 3 is 2.81 bits per heavy atom. The molecule has 4 heterocycles. The van der Waals surface area contributed by atoms with Crippen molar-refractivity contribution in [2.45, 2.75) is 32.6 Å². The SMILES string of the molecule is Cc1ccc2oc(N3CCC(C(=O)N4CCCC(C#N)C4)CC3)nc2n1. The second kappa shape index (κ2) is 6.94. The normalized spacial score (nSPS) is 21.8. The zero-order valence-electron chi connectivity index (χ0n) is 15.0. The lowest BCUT2D eigenvalue weighted by Crippen LogP contribution is -2.46. The largest absolute Gasteiger partial charge is 0.422 e. The highest BCUT2D eigenvalue weighted by molar-refractivity contribution is 5.79. The van der Waals surface area contributed by atoms with Gasteiger partial charge in [0.05, 0.1) is 12.0 Å². The maximum atomic E-state index is 12.8. The molecule has 1 atom stereocenters. The molecule has 2 aromatic heterocycles. The second-order valence-electron chi connectivity index (χ2n) is 7.28. The summed E-state index contributed by atoms with van der Waals surface area (Å²) in [5.74, 6) is 0.233. The van der Waals surface area contributed by atoms with Crippen LogP contribution in [0.2, 0.25) is 0 Å². The average Bonchev–Trinajstić information content (AvgIpc) is 3.10. The van der Waals surface area contributed by atoms with E-state index in [1.54, 1.807) is 0 Å². The number of aryl methyl sites for hydroxylation is 1. The Morgan fingerprint density at radius 2 is 2.04 bits per heavy atom. The fraction of sp³-hybridized carbons (Fsp3) is 0.579. The molecule has 1 amide bonds. The van der Waals surface area contributed by atoms with Gasteiger partial charge in [0.25, 0.3) is 6.01 Å². The number of oxazole rings is 1. The first-order chi connectivity index (χ1) is 12.6. The molecule has 26 heavy (non-hydrogen) atoms. The van der Waals surface area contributed by atoms with Crippen molar-refractivity contribution in [2.24, 2.45) is 11.8 Å². The molecule has 4 rings (SSSR count). The number of hydrogen-bond donors (Lipinski definition) is 0. The van der Waals surface area contributed by atoms with E-state index in [0.717, 1.165) is 51.0 Å². The lowest BCUT2D eigenvalue weighted by Gasteiger charge is -2.36. The number of aromatic nitrogens is 2. The maximum Gasteiger partial charge on any atom is 0.299 e. The lowest BCUT2D eigenvalue weighted by molar-refractivity contribution is -0.137. The first-order valence-electron chi connectivity index (χ1n) is 9.31. The molecule has 0 radical (unpaired) electrons. The van der Waals surface area contributed by atoms with Gasteiger partial charge in [0.1, 0.15) is 0 Å². The van der Waals surface area contributed by atoms with Crippen LogP contribution in [0.3, 0.4) is 0 Å². The number of carbonyl (C=O) groups excluding carboxylic acids is 1. The van der Waals surface area contributed by atoms with Gasteiger partial charge < -0.3 is 14.2 Å². The number of likely N-dealkylation sites (tertiary alicyclic amines) is 1. The number of carbonyl (C=O) groups is 1. The highest BCUT2D eigenvalue weighted by atomic mass is 16.4. The topological polar surface area (TPSA) is 86.3 Å². The van der Waals surface area contributed by atoms with Crippen LogP contribution in [0, 0.1) is 30.1 Å². The Labute approximate surface area is 152 Å². The van der Waals surface area contributed by atoms with Gasteiger partial charge in [-0.05, 0) is 44.7 Å². The van der Waals surface area contributed by atoms with Crippen LogP contribution in [-0.2, 0) is 4.79 Å². The number of rotatable bonds is 2.